The Morgan fingerprint density at radius 2 is 2.15 bits per heavy atom. The minimum atomic E-state index is -1.19. The van der Waals surface area contributed by atoms with Crippen LogP contribution in [0.4, 0.5) is 8.78 Å². The molecule has 1 aromatic carbocycles. The van der Waals surface area contributed by atoms with Crippen molar-refractivity contribution in [3.05, 3.63) is 41.5 Å². The third-order valence-electron chi connectivity index (χ3n) is 3.16. The Hall–Kier alpha value is -1.94. The Kier molecular flexibility index (Phi) is 3.40. The fourth-order valence-electron chi connectivity index (χ4n) is 2.28. The van der Waals surface area contributed by atoms with E-state index in [2.05, 4.69) is 10.1 Å². The van der Waals surface area contributed by atoms with Gasteiger partial charge in [0, 0.05) is 6.42 Å². The van der Waals surface area contributed by atoms with Gasteiger partial charge in [0.1, 0.15) is 5.82 Å². The normalized spacial score (nSPS) is 20.6. The van der Waals surface area contributed by atoms with Crippen LogP contribution in [0, 0.1) is 17.1 Å². The Balaban J connectivity index is 1.92. The highest BCUT2D eigenvalue weighted by atomic mass is 32.2. The van der Waals surface area contributed by atoms with Gasteiger partial charge in [0.25, 0.3) is 0 Å². The molecular formula is C13H10F2N4S. The van der Waals surface area contributed by atoms with E-state index in [1.807, 2.05) is 6.07 Å². The van der Waals surface area contributed by atoms with Crippen molar-refractivity contribution in [3.63, 3.8) is 0 Å². The summed E-state index contributed by atoms with van der Waals surface area (Å²) in [6.07, 6.45) is -0.932. The van der Waals surface area contributed by atoms with Crippen molar-refractivity contribution in [2.75, 3.05) is 5.75 Å². The van der Waals surface area contributed by atoms with Crippen LogP contribution >= 0.6 is 11.8 Å². The molecule has 102 valence electrons. The highest BCUT2D eigenvalue weighted by molar-refractivity contribution is 7.99. The average molecular weight is 292 g/mol. The van der Waals surface area contributed by atoms with Crippen molar-refractivity contribution in [3.8, 4) is 6.07 Å². The van der Waals surface area contributed by atoms with Crippen LogP contribution in [0.15, 0.2) is 29.4 Å². The van der Waals surface area contributed by atoms with E-state index in [0.717, 1.165) is 5.56 Å². The van der Waals surface area contributed by atoms with Gasteiger partial charge in [-0.15, -0.1) is 5.10 Å². The van der Waals surface area contributed by atoms with Gasteiger partial charge in [-0.1, -0.05) is 23.9 Å². The van der Waals surface area contributed by atoms with E-state index in [9.17, 15) is 8.78 Å². The van der Waals surface area contributed by atoms with Gasteiger partial charge in [-0.2, -0.15) is 5.26 Å². The maximum Gasteiger partial charge on any atom is 0.209 e. The van der Waals surface area contributed by atoms with Crippen LogP contribution in [0.2, 0.25) is 0 Å². The third-order valence-corrected chi connectivity index (χ3v) is 3.87. The maximum absolute atomic E-state index is 14.0. The predicted molar refractivity (Wildman–Crippen MR) is 69.4 cm³/mol. The van der Waals surface area contributed by atoms with Crippen LogP contribution in [0.5, 0.6) is 0 Å². The summed E-state index contributed by atoms with van der Waals surface area (Å²) < 4.78 is 28.5. The van der Waals surface area contributed by atoms with Crippen LogP contribution < -0.4 is 0 Å². The first-order valence-electron chi connectivity index (χ1n) is 6.04. The molecule has 1 aliphatic heterocycles. The number of nitriles is 1. The first kappa shape index (κ1) is 13.1. The van der Waals surface area contributed by atoms with E-state index in [-0.39, 0.29) is 29.9 Å². The van der Waals surface area contributed by atoms with E-state index in [0.29, 0.717) is 5.16 Å². The summed E-state index contributed by atoms with van der Waals surface area (Å²) in [5.41, 5.74) is 0.800. The second-order valence-electron chi connectivity index (χ2n) is 4.41. The molecule has 0 spiro atoms. The molecule has 2 heterocycles. The molecule has 0 amide bonds. The molecule has 0 fully saturated rings. The molecule has 2 aromatic rings. The zero-order valence-corrected chi connectivity index (χ0v) is 11.1. The molecule has 2 atom stereocenters. The van der Waals surface area contributed by atoms with Gasteiger partial charge >= 0.3 is 0 Å². The van der Waals surface area contributed by atoms with Crippen molar-refractivity contribution < 1.29 is 8.78 Å². The van der Waals surface area contributed by atoms with Crippen molar-refractivity contribution in [1.29, 1.82) is 5.26 Å². The number of hydrogen-bond donors (Lipinski definition) is 0. The summed E-state index contributed by atoms with van der Waals surface area (Å²) in [5, 5.41) is 13.2. The van der Waals surface area contributed by atoms with Crippen molar-refractivity contribution >= 4 is 11.8 Å². The number of thioether (sulfide) groups is 1. The van der Waals surface area contributed by atoms with E-state index in [1.165, 1.54) is 28.6 Å². The molecule has 0 saturated heterocycles. The number of benzene rings is 1. The molecular weight excluding hydrogens is 282 g/mol. The summed E-state index contributed by atoms with van der Waals surface area (Å²) in [4.78, 5) is 4.12. The molecule has 4 nitrogen and oxygen atoms in total. The third kappa shape index (κ3) is 2.27. The number of rotatable bonds is 3. The van der Waals surface area contributed by atoms with Gasteiger partial charge in [0.05, 0.1) is 17.9 Å². The van der Waals surface area contributed by atoms with Crippen LogP contribution in [0.3, 0.4) is 0 Å². The van der Waals surface area contributed by atoms with E-state index in [4.69, 9.17) is 5.26 Å². The number of alkyl halides is 1. The number of nitrogens with zero attached hydrogens (tertiary/aromatic N) is 4. The van der Waals surface area contributed by atoms with E-state index >= 15 is 0 Å². The first-order valence-corrected chi connectivity index (χ1v) is 7.03. The van der Waals surface area contributed by atoms with Crippen LogP contribution in [-0.4, -0.2) is 20.5 Å². The summed E-state index contributed by atoms with van der Waals surface area (Å²) >= 11 is 1.18. The van der Waals surface area contributed by atoms with Gasteiger partial charge < -0.3 is 0 Å². The molecule has 0 radical (unpaired) electrons. The molecule has 1 aromatic heterocycles. The molecule has 0 aliphatic carbocycles. The summed E-state index contributed by atoms with van der Waals surface area (Å²) in [6, 6.07) is 7.67. The highest BCUT2D eigenvalue weighted by Crippen LogP contribution is 2.40. The molecule has 3 rings (SSSR count). The molecule has 7 heteroatoms. The minimum Gasteiger partial charge on any atom is -0.239 e. The summed E-state index contributed by atoms with van der Waals surface area (Å²) in [5.74, 6) is 0.175. The molecule has 0 N–H and O–H groups in total. The van der Waals surface area contributed by atoms with Gasteiger partial charge in [0.15, 0.2) is 12.0 Å². The van der Waals surface area contributed by atoms with Crippen molar-refractivity contribution in [2.45, 2.75) is 23.8 Å². The SMILES string of the molecule is N#CCSc1nc2n(n1)C(c1ccc(F)cc1)CC2F. The van der Waals surface area contributed by atoms with Crippen molar-refractivity contribution in [2.24, 2.45) is 0 Å². The smallest absolute Gasteiger partial charge is 0.209 e. The van der Waals surface area contributed by atoms with Gasteiger partial charge in [-0.25, -0.2) is 18.4 Å². The van der Waals surface area contributed by atoms with Crippen LogP contribution in [0.25, 0.3) is 0 Å². The standard InChI is InChI=1S/C13H10F2N4S/c14-9-3-1-8(2-4-9)11-7-10(15)12-17-13(18-19(11)12)20-6-5-16/h1-4,10-11H,6-7H2. The lowest BCUT2D eigenvalue weighted by molar-refractivity contribution is 0.327. The second kappa shape index (κ2) is 5.21. The number of aromatic nitrogens is 3. The minimum absolute atomic E-state index is 0.224. The molecule has 2 unspecified atom stereocenters. The fourth-order valence-corrected chi connectivity index (χ4v) is 2.78. The lowest BCUT2D eigenvalue weighted by Gasteiger charge is -2.11. The lowest BCUT2D eigenvalue weighted by Crippen LogP contribution is -2.07. The maximum atomic E-state index is 14.0. The van der Waals surface area contributed by atoms with E-state index < -0.39 is 6.17 Å². The Bertz CT molecular complexity index is 662. The quantitative estimate of drug-likeness (QED) is 0.816. The first-order chi connectivity index (χ1) is 9.69. The van der Waals surface area contributed by atoms with Gasteiger partial charge in [0.2, 0.25) is 5.16 Å². The predicted octanol–water partition coefficient (Wildman–Crippen LogP) is 3.04. The average Bonchev–Trinajstić information content (AvgIpc) is 2.98. The van der Waals surface area contributed by atoms with Gasteiger partial charge in [-0.3, -0.25) is 0 Å². The highest BCUT2D eigenvalue weighted by Gasteiger charge is 2.35. The Morgan fingerprint density at radius 1 is 1.40 bits per heavy atom. The summed E-state index contributed by atoms with van der Waals surface area (Å²) in [6.45, 7) is 0. The number of hydrogen-bond acceptors (Lipinski definition) is 4. The second-order valence-corrected chi connectivity index (χ2v) is 5.36. The zero-order valence-electron chi connectivity index (χ0n) is 10.3. The van der Waals surface area contributed by atoms with Crippen molar-refractivity contribution in [1.82, 2.24) is 14.8 Å². The number of fused-ring (bicyclic) bond motifs is 1. The monoisotopic (exact) mass is 292 g/mol. The summed E-state index contributed by atoms with van der Waals surface area (Å²) in [7, 11) is 0. The molecule has 0 bridgehead atoms. The Labute approximate surface area is 118 Å². The molecule has 0 saturated carbocycles. The topological polar surface area (TPSA) is 54.5 Å². The zero-order chi connectivity index (χ0) is 14.1. The van der Waals surface area contributed by atoms with Gasteiger partial charge in [-0.05, 0) is 17.7 Å². The van der Waals surface area contributed by atoms with Crippen LogP contribution in [-0.2, 0) is 0 Å². The lowest BCUT2D eigenvalue weighted by atomic mass is 10.0. The Morgan fingerprint density at radius 3 is 2.85 bits per heavy atom. The fraction of sp³-hybridized carbons (Fsp3) is 0.308. The van der Waals surface area contributed by atoms with Crippen LogP contribution in [0.1, 0.15) is 30.0 Å². The number of halogens is 2. The molecule has 1 aliphatic rings. The molecule has 20 heavy (non-hydrogen) atoms. The largest absolute Gasteiger partial charge is 0.239 e. The van der Waals surface area contributed by atoms with E-state index in [1.54, 1.807) is 12.1 Å².